The van der Waals surface area contributed by atoms with Gasteiger partial charge in [0.2, 0.25) is 0 Å². The summed E-state index contributed by atoms with van der Waals surface area (Å²) >= 11 is 0. The van der Waals surface area contributed by atoms with Crippen molar-refractivity contribution in [1.29, 1.82) is 0 Å². The van der Waals surface area contributed by atoms with Crippen molar-refractivity contribution in [2.24, 2.45) is 0 Å². The van der Waals surface area contributed by atoms with Gasteiger partial charge in [-0.05, 0) is 11.6 Å². The van der Waals surface area contributed by atoms with Crippen molar-refractivity contribution in [3.05, 3.63) is 98.7 Å². The van der Waals surface area contributed by atoms with E-state index in [9.17, 15) is 19.7 Å². The molecule has 156 valence electrons. The summed E-state index contributed by atoms with van der Waals surface area (Å²) in [6.07, 6.45) is 2.95. The number of carbonyl (C=O) groups excluding carboxylic acids is 1. The summed E-state index contributed by atoms with van der Waals surface area (Å²) in [5, 5.41) is 18.1. The van der Waals surface area contributed by atoms with Gasteiger partial charge in [-0.2, -0.15) is 5.10 Å². The average molecular weight is 418 g/mol. The van der Waals surface area contributed by atoms with Crippen LogP contribution in [-0.2, 0) is 13.1 Å². The standard InChI is InChI=1S/C21H18N6O4/c28-20(16-7-4-8-17(11-16)27(30)31)22-9-10-26-19-18(12-24-26)21(29)25(14-23-19)13-15-5-2-1-3-6-15/h1-8,11-12,14H,9-10,13H2,(H,22,28). The molecular formula is C21H18N6O4. The van der Waals surface area contributed by atoms with Crippen LogP contribution in [0.3, 0.4) is 0 Å². The van der Waals surface area contributed by atoms with E-state index in [1.54, 1.807) is 0 Å². The summed E-state index contributed by atoms with van der Waals surface area (Å²) in [7, 11) is 0. The number of aromatic nitrogens is 4. The normalized spacial score (nSPS) is 10.8. The lowest BCUT2D eigenvalue weighted by atomic mass is 10.2. The van der Waals surface area contributed by atoms with Crippen LogP contribution in [0.25, 0.3) is 11.0 Å². The third-order valence-corrected chi connectivity index (χ3v) is 4.75. The molecule has 0 bridgehead atoms. The maximum absolute atomic E-state index is 12.7. The fourth-order valence-corrected chi connectivity index (χ4v) is 3.19. The summed E-state index contributed by atoms with van der Waals surface area (Å²) in [6.45, 7) is 0.916. The van der Waals surface area contributed by atoms with Gasteiger partial charge in [0.15, 0.2) is 5.65 Å². The van der Waals surface area contributed by atoms with E-state index in [0.29, 0.717) is 24.1 Å². The van der Waals surface area contributed by atoms with E-state index in [4.69, 9.17) is 0 Å². The second kappa shape index (κ2) is 8.57. The van der Waals surface area contributed by atoms with Crippen molar-refractivity contribution in [3.63, 3.8) is 0 Å². The second-order valence-corrected chi connectivity index (χ2v) is 6.83. The molecule has 0 aliphatic heterocycles. The summed E-state index contributed by atoms with van der Waals surface area (Å²) in [5.41, 5.74) is 1.27. The quantitative estimate of drug-likeness (QED) is 0.361. The van der Waals surface area contributed by atoms with Gasteiger partial charge in [-0.3, -0.25) is 24.3 Å². The van der Waals surface area contributed by atoms with Crippen LogP contribution >= 0.6 is 0 Å². The third kappa shape index (κ3) is 4.32. The van der Waals surface area contributed by atoms with E-state index < -0.39 is 10.8 Å². The Labute approximate surface area is 175 Å². The maximum Gasteiger partial charge on any atom is 0.270 e. The first-order valence-corrected chi connectivity index (χ1v) is 9.50. The van der Waals surface area contributed by atoms with E-state index in [1.165, 1.54) is 46.0 Å². The maximum atomic E-state index is 12.7. The summed E-state index contributed by atoms with van der Waals surface area (Å²) in [4.78, 5) is 39.7. The van der Waals surface area contributed by atoms with Crippen molar-refractivity contribution >= 4 is 22.6 Å². The number of non-ortho nitro benzene ring substituents is 1. The summed E-state index contributed by atoms with van der Waals surface area (Å²) < 4.78 is 3.06. The van der Waals surface area contributed by atoms with Gasteiger partial charge in [0.25, 0.3) is 17.2 Å². The molecular weight excluding hydrogens is 400 g/mol. The number of hydrogen-bond acceptors (Lipinski definition) is 6. The molecule has 31 heavy (non-hydrogen) atoms. The first kappa shape index (κ1) is 20.0. The minimum absolute atomic E-state index is 0.151. The Hall–Kier alpha value is -4.34. The number of benzene rings is 2. The number of nitrogens with zero attached hydrogens (tertiary/aromatic N) is 5. The van der Waals surface area contributed by atoms with Gasteiger partial charge in [0.1, 0.15) is 11.7 Å². The molecule has 10 heteroatoms. The molecule has 1 amide bonds. The van der Waals surface area contributed by atoms with Crippen LogP contribution in [0.5, 0.6) is 0 Å². The zero-order chi connectivity index (χ0) is 21.8. The van der Waals surface area contributed by atoms with E-state index in [-0.39, 0.29) is 23.4 Å². The van der Waals surface area contributed by atoms with Crippen LogP contribution in [0.2, 0.25) is 0 Å². The van der Waals surface area contributed by atoms with E-state index >= 15 is 0 Å². The zero-order valence-electron chi connectivity index (χ0n) is 16.3. The lowest BCUT2D eigenvalue weighted by Crippen LogP contribution is -2.27. The predicted octanol–water partition coefficient (Wildman–Crippen LogP) is 1.98. The number of nitro groups is 1. The molecule has 2 aromatic heterocycles. The molecule has 10 nitrogen and oxygen atoms in total. The number of fused-ring (bicyclic) bond motifs is 1. The molecule has 0 saturated carbocycles. The minimum Gasteiger partial charge on any atom is -0.350 e. The van der Waals surface area contributed by atoms with Gasteiger partial charge < -0.3 is 5.32 Å². The SMILES string of the molecule is O=C(NCCn1ncc2c(=O)n(Cc3ccccc3)cnc21)c1cccc([N+](=O)[O-])c1. The monoisotopic (exact) mass is 418 g/mol. The highest BCUT2D eigenvalue weighted by Gasteiger charge is 2.13. The van der Waals surface area contributed by atoms with Crippen molar-refractivity contribution in [1.82, 2.24) is 24.6 Å². The highest BCUT2D eigenvalue weighted by Crippen LogP contribution is 2.13. The van der Waals surface area contributed by atoms with Crippen LogP contribution in [0.15, 0.2) is 71.9 Å². The molecule has 0 saturated heterocycles. The molecule has 0 spiro atoms. The summed E-state index contributed by atoms with van der Waals surface area (Å²) in [5.74, 6) is -0.432. The van der Waals surface area contributed by atoms with Crippen molar-refractivity contribution < 1.29 is 9.72 Å². The molecule has 4 aromatic rings. The number of nitro benzene ring substituents is 1. The molecule has 0 atom stereocenters. The van der Waals surface area contributed by atoms with Crippen molar-refractivity contribution in [2.45, 2.75) is 13.1 Å². The predicted molar refractivity (Wildman–Crippen MR) is 113 cm³/mol. The first-order chi connectivity index (χ1) is 15.0. The Morgan fingerprint density at radius 2 is 1.94 bits per heavy atom. The highest BCUT2D eigenvalue weighted by atomic mass is 16.6. The molecule has 2 heterocycles. The largest absolute Gasteiger partial charge is 0.350 e. The van der Waals surface area contributed by atoms with Crippen LogP contribution in [-0.4, -0.2) is 36.7 Å². The van der Waals surface area contributed by atoms with E-state index in [1.807, 2.05) is 30.3 Å². The minimum atomic E-state index is -0.553. The lowest BCUT2D eigenvalue weighted by molar-refractivity contribution is -0.384. The molecule has 0 aliphatic carbocycles. The molecule has 0 aliphatic rings. The smallest absolute Gasteiger partial charge is 0.270 e. The number of carbonyl (C=O) groups is 1. The van der Waals surface area contributed by atoms with Crippen molar-refractivity contribution in [3.8, 4) is 0 Å². The summed E-state index contributed by atoms with van der Waals surface area (Å²) in [6, 6.07) is 15.1. The molecule has 0 radical (unpaired) electrons. The van der Waals surface area contributed by atoms with E-state index in [2.05, 4.69) is 15.4 Å². The molecule has 0 unspecified atom stereocenters. The topological polar surface area (TPSA) is 125 Å². The Kier molecular flexibility index (Phi) is 5.52. The molecule has 1 N–H and O–H groups in total. The van der Waals surface area contributed by atoms with Gasteiger partial charge >= 0.3 is 0 Å². The molecule has 0 fully saturated rings. The molecule has 2 aromatic carbocycles. The van der Waals surface area contributed by atoms with Crippen molar-refractivity contribution in [2.75, 3.05) is 6.54 Å². The Bertz CT molecular complexity index is 1310. The van der Waals surface area contributed by atoms with Gasteiger partial charge in [-0.25, -0.2) is 9.67 Å². The Balaban J connectivity index is 1.44. The molecule has 4 rings (SSSR count). The Morgan fingerprint density at radius 1 is 1.13 bits per heavy atom. The van der Waals surface area contributed by atoms with Gasteiger partial charge in [0, 0.05) is 24.2 Å². The third-order valence-electron chi connectivity index (χ3n) is 4.75. The van der Waals surface area contributed by atoms with Crippen LogP contribution in [0, 0.1) is 10.1 Å². The fraction of sp³-hybridized carbons (Fsp3) is 0.143. The van der Waals surface area contributed by atoms with E-state index in [0.717, 1.165) is 5.56 Å². The average Bonchev–Trinajstić information content (AvgIpc) is 3.20. The number of amides is 1. The zero-order valence-corrected chi connectivity index (χ0v) is 16.3. The lowest BCUT2D eigenvalue weighted by Gasteiger charge is -2.07. The fourth-order valence-electron chi connectivity index (χ4n) is 3.19. The van der Waals surface area contributed by atoms with Gasteiger partial charge in [-0.1, -0.05) is 36.4 Å². The first-order valence-electron chi connectivity index (χ1n) is 9.50. The Morgan fingerprint density at radius 3 is 2.71 bits per heavy atom. The number of nitrogens with one attached hydrogen (secondary N) is 1. The number of hydrogen-bond donors (Lipinski definition) is 1. The van der Waals surface area contributed by atoms with Crippen LogP contribution in [0.1, 0.15) is 15.9 Å². The van der Waals surface area contributed by atoms with Gasteiger partial charge in [0.05, 0.1) is 24.2 Å². The van der Waals surface area contributed by atoms with Crippen LogP contribution < -0.4 is 10.9 Å². The van der Waals surface area contributed by atoms with Gasteiger partial charge in [-0.15, -0.1) is 0 Å². The van der Waals surface area contributed by atoms with Crippen LogP contribution in [0.4, 0.5) is 5.69 Å². The second-order valence-electron chi connectivity index (χ2n) is 6.83. The highest BCUT2D eigenvalue weighted by molar-refractivity contribution is 5.94. The number of rotatable bonds is 7.